The van der Waals surface area contributed by atoms with E-state index in [0.717, 1.165) is 10.9 Å². The second kappa shape index (κ2) is 12.4. The number of fused-ring (bicyclic) bond motifs is 1. The van der Waals surface area contributed by atoms with Gasteiger partial charge in [0.15, 0.2) is 0 Å². The Morgan fingerprint density at radius 1 is 0.975 bits per heavy atom. The molecule has 1 aliphatic rings. The highest BCUT2D eigenvalue weighted by Crippen LogP contribution is 2.31. The Morgan fingerprint density at radius 2 is 1.70 bits per heavy atom. The number of aliphatic hydroxyl groups is 1. The summed E-state index contributed by atoms with van der Waals surface area (Å²) in [6, 6.07) is 18.5. The molecule has 1 fully saturated rings. The molecule has 2 heterocycles. The van der Waals surface area contributed by atoms with E-state index in [1.165, 1.54) is 0 Å². The summed E-state index contributed by atoms with van der Waals surface area (Å²) in [5, 5.41) is 22.0. The van der Waals surface area contributed by atoms with Crippen LogP contribution in [0, 0.1) is 0 Å². The van der Waals surface area contributed by atoms with E-state index in [4.69, 9.17) is 23.2 Å². The molecule has 1 unspecified atom stereocenters. The second-order valence-corrected chi connectivity index (χ2v) is 12.9. The number of likely N-dealkylation sites (tertiary alicyclic amines) is 1. The molecule has 1 saturated heterocycles. The fourth-order valence-electron chi connectivity index (χ4n) is 5.23. The van der Waals surface area contributed by atoms with Gasteiger partial charge < -0.3 is 15.1 Å². The maximum atomic E-state index is 14.6. The molecule has 1 aliphatic heterocycles. The molecule has 40 heavy (non-hydrogen) atoms. The van der Waals surface area contributed by atoms with Gasteiger partial charge in [0.05, 0.1) is 21.0 Å². The number of rotatable bonds is 9. The van der Waals surface area contributed by atoms with E-state index in [0.29, 0.717) is 59.9 Å². The van der Waals surface area contributed by atoms with Crippen LogP contribution < -0.4 is 0 Å². The Morgan fingerprint density at radius 3 is 2.42 bits per heavy atom. The number of benzene rings is 3. The maximum Gasteiger partial charge on any atom is 0.244 e. The first kappa shape index (κ1) is 28.8. The topological polar surface area (TPSA) is 94.0 Å². The van der Waals surface area contributed by atoms with Gasteiger partial charge in [-0.05, 0) is 66.8 Å². The lowest BCUT2D eigenvalue weighted by Crippen LogP contribution is -2.49. The van der Waals surface area contributed by atoms with Crippen molar-refractivity contribution in [1.29, 1.82) is 0 Å². The lowest BCUT2D eigenvalue weighted by Gasteiger charge is -2.37. The van der Waals surface area contributed by atoms with E-state index >= 15 is 0 Å². The minimum atomic E-state index is -4.03. The Kier molecular flexibility index (Phi) is 8.95. The predicted octanol–water partition coefficient (Wildman–Crippen LogP) is 5.51. The molecule has 5 rings (SSSR count). The fraction of sp³-hybridized carbons (Fsp3) is 0.300. The Bertz CT molecular complexity index is 1570. The number of phenols is 1. The average Bonchev–Trinajstić information content (AvgIpc) is 2.95. The maximum absolute atomic E-state index is 14.6. The van der Waals surface area contributed by atoms with Crippen molar-refractivity contribution in [1.82, 2.24) is 14.2 Å². The van der Waals surface area contributed by atoms with E-state index in [-0.39, 0.29) is 23.3 Å². The number of sulfonamides is 1. The summed E-state index contributed by atoms with van der Waals surface area (Å²) in [4.78, 5) is 6.58. The number of aromatic hydroxyl groups is 1. The van der Waals surface area contributed by atoms with Gasteiger partial charge in [-0.1, -0.05) is 53.5 Å². The van der Waals surface area contributed by atoms with Crippen molar-refractivity contribution in [2.24, 2.45) is 0 Å². The molecule has 1 atom stereocenters. The number of hydrogen-bond acceptors (Lipinski definition) is 6. The quantitative estimate of drug-likeness (QED) is 0.263. The van der Waals surface area contributed by atoms with Crippen LogP contribution in [0.2, 0.25) is 10.0 Å². The van der Waals surface area contributed by atoms with Crippen LogP contribution in [0.25, 0.3) is 10.8 Å². The average molecular weight is 601 g/mol. The monoisotopic (exact) mass is 599 g/mol. The molecular formula is C30H31Cl2N3O4S. The zero-order valence-electron chi connectivity index (χ0n) is 21.8. The van der Waals surface area contributed by atoms with Crippen LogP contribution >= 0.6 is 23.2 Å². The van der Waals surface area contributed by atoms with Gasteiger partial charge in [-0.3, -0.25) is 4.98 Å². The van der Waals surface area contributed by atoms with Gasteiger partial charge in [0.25, 0.3) is 0 Å². The molecule has 3 aromatic carbocycles. The lowest BCUT2D eigenvalue weighted by atomic mass is 10.0. The molecule has 0 radical (unpaired) electrons. The van der Waals surface area contributed by atoms with Gasteiger partial charge in [0.2, 0.25) is 10.0 Å². The minimum absolute atomic E-state index is 0.0832. The summed E-state index contributed by atoms with van der Waals surface area (Å²) in [6.45, 7) is 1.90. The van der Waals surface area contributed by atoms with Crippen molar-refractivity contribution in [3.8, 4) is 5.75 Å². The molecule has 0 bridgehead atoms. The van der Waals surface area contributed by atoms with Gasteiger partial charge in [0, 0.05) is 55.4 Å². The second-order valence-electron chi connectivity index (χ2n) is 10.2. The van der Waals surface area contributed by atoms with E-state index in [1.807, 2.05) is 18.2 Å². The summed E-state index contributed by atoms with van der Waals surface area (Å²) < 4.78 is 30.8. The summed E-state index contributed by atoms with van der Waals surface area (Å²) in [6.07, 6.45) is 4.62. The van der Waals surface area contributed by atoms with E-state index < -0.39 is 16.1 Å². The van der Waals surface area contributed by atoms with Crippen LogP contribution in [0.4, 0.5) is 0 Å². The molecule has 0 amide bonds. The molecule has 7 nitrogen and oxygen atoms in total. The summed E-state index contributed by atoms with van der Waals surface area (Å²) in [5.74, 6) is 0.148. The van der Waals surface area contributed by atoms with Crippen molar-refractivity contribution in [3.05, 3.63) is 100 Å². The number of aromatic nitrogens is 1. The summed E-state index contributed by atoms with van der Waals surface area (Å²) in [5.41, 5.74) is 1.61. The van der Waals surface area contributed by atoms with Crippen LogP contribution in [0.1, 0.15) is 24.0 Å². The van der Waals surface area contributed by atoms with Gasteiger partial charge in [-0.15, -0.1) is 0 Å². The highest BCUT2D eigenvalue weighted by Gasteiger charge is 2.35. The van der Waals surface area contributed by atoms with Gasteiger partial charge >= 0.3 is 0 Å². The molecule has 2 N–H and O–H groups in total. The molecule has 0 aliphatic carbocycles. The van der Waals surface area contributed by atoms with Crippen LogP contribution in [0.15, 0.2) is 84.0 Å². The van der Waals surface area contributed by atoms with Gasteiger partial charge in [-0.25, -0.2) is 8.42 Å². The van der Waals surface area contributed by atoms with Crippen molar-refractivity contribution in [2.75, 3.05) is 19.6 Å². The largest absolute Gasteiger partial charge is 0.508 e. The highest BCUT2D eigenvalue weighted by atomic mass is 35.5. The van der Waals surface area contributed by atoms with E-state index in [9.17, 15) is 18.6 Å². The lowest BCUT2D eigenvalue weighted by molar-refractivity contribution is 0.0714. The number of pyridine rings is 1. The number of halogens is 2. The summed E-state index contributed by atoms with van der Waals surface area (Å²) in [7, 11) is -4.03. The van der Waals surface area contributed by atoms with Crippen LogP contribution in [-0.2, 0) is 23.0 Å². The van der Waals surface area contributed by atoms with Crippen LogP contribution in [0.5, 0.6) is 5.75 Å². The molecule has 1 aromatic heterocycles. The van der Waals surface area contributed by atoms with Gasteiger partial charge in [-0.2, -0.15) is 4.31 Å². The SMILES string of the molecule is O=S(=O)(c1cccc2cnccc12)N(Cc1ccc(Cl)c(Cl)c1)C(Cc1ccc(O)cc1)CN1CCC(O)CC1. The molecule has 10 heteroatoms. The van der Waals surface area contributed by atoms with E-state index in [1.54, 1.807) is 65.2 Å². The van der Waals surface area contributed by atoms with Gasteiger partial charge in [0.1, 0.15) is 5.75 Å². The normalized spacial score (nSPS) is 16.0. The molecule has 4 aromatic rings. The van der Waals surface area contributed by atoms with Crippen molar-refractivity contribution in [3.63, 3.8) is 0 Å². The Labute approximate surface area is 244 Å². The number of phenolic OH excluding ortho intramolecular Hbond substituents is 1. The first-order valence-electron chi connectivity index (χ1n) is 13.2. The summed E-state index contributed by atoms with van der Waals surface area (Å²) >= 11 is 12.5. The van der Waals surface area contributed by atoms with Crippen molar-refractivity contribution < 1.29 is 18.6 Å². The molecule has 210 valence electrons. The highest BCUT2D eigenvalue weighted by molar-refractivity contribution is 7.89. The fourth-order valence-corrected chi connectivity index (χ4v) is 7.37. The number of piperidine rings is 1. The van der Waals surface area contributed by atoms with Crippen molar-refractivity contribution in [2.45, 2.75) is 42.8 Å². The van der Waals surface area contributed by atoms with Crippen molar-refractivity contribution >= 4 is 44.0 Å². The standard InChI is InChI=1S/C30H31Cl2N3O4S/c31-28-9-6-22(17-29(28)32)19-35(40(38,39)30-3-1-2-23-18-33-13-10-27(23)30)24(16-21-4-7-25(36)8-5-21)20-34-14-11-26(37)12-15-34/h1-10,13,17-18,24,26,36-37H,11-12,14-16,19-20H2. The molecule has 0 saturated carbocycles. The first-order chi connectivity index (χ1) is 19.2. The Hall–Kier alpha value is -2.72. The van der Waals surface area contributed by atoms with Crippen LogP contribution in [-0.4, -0.2) is 64.6 Å². The number of nitrogens with zero attached hydrogens (tertiary/aromatic N) is 3. The minimum Gasteiger partial charge on any atom is -0.508 e. The third-order valence-electron chi connectivity index (χ3n) is 7.39. The third kappa shape index (κ3) is 6.60. The van der Waals surface area contributed by atoms with E-state index in [2.05, 4.69) is 9.88 Å². The molecule has 0 spiro atoms. The Balaban J connectivity index is 1.61. The number of hydrogen-bond donors (Lipinski definition) is 2. The predicted molar refractivity (Wildman–Crippen MR) is 158 cm³/mol. The van der Waals surface area contributed by atoms with Crippen LogP contribution in [0.3, 0.4) is 0 Å². The molecular weight excluding hydrogens is 569 g/mol. The smallest absolute Gasteiger partial charge is 0.244 e. The zero-order valence-corrected chi connectivity index (χ0v) is 24.2. The zero-order chi connectivity index (χ0) is 28.3. The third-order valence-corrected chi connectivity index (χ3v) is 10.1. The number of aliphatic hydroxyl groups excluding tert-OH is 1. The first-order valence-corrected chi connectivity index (χ1v) is 15.4.